The Labute approximate surface area is 91.2 Å². The van der Waals surface area contributed by atoms with Crippen molar-refractivity contribution < 1.29 is 9.47 Å². The van der Waals surface area contributed by atoms with Gasteiger partial charge in [-0.2, -0.15) is 0 Å². The molecule has 0 bridgehead atoms. The molecule has 0 N–H and O–H groups in total. The lowest BCUT2D eigenvalue weighted by Gasteiger charge is -2.40. The third-order valence-electron chi connectivity index (χ3n) is 3.03. The fraction of sp³-hybridized carbons (Fsp3) is 0.538. The van der Waals surface area contributed by atoms with Gasteiger partial charge in [-0.25, -0.2) is 0 Å². The summed E-state index contributed by atoms with van der Waals surface area (Å²) in [5.74, 6) is 0. The molecular weight excluding hydrogens is 188 g/mol. The summed E-state index contributed by atoms with van der Waals surface area (Å²) in [6.07, 6.45) is 1.13. The highest BCUT2D eigenvalue weighted by Crippen LogP contribution is 2.31. The van der Waals surface area contributed by atoms with Crippen LogP contribution in [-0.4, -0.2) is 19.8 Å². The SMILES string of the molecule is CCC1(COCc2cc[c]cc2)COC1. The first-order valence-corrected chi connectivity index (χ1v) is 5.45. The molecule has 0 atom stereocenters. The maximum Gasteiger partial charge on any atom is 0.0717 e. The van der Waals surface area contributed by atoms with Gasteiger partial charge >= 0.3 is 0 Å². The molecule has 1 aliphatic heterocycles. The van der Waals surface area contributed by atoms with Gasteiger partial charge in [-0.05, 0) is 18.1 Å². The molecule has 1 radical (unpaired) electrons. The third-order valence-corrected chi connectivity index (χ3v) is 3.03. The van der Waals surface area contributed by atoms with Gasteiger partial charge in [0.2, 0.25) is 0 Å². The Hall–Kier alpha value is -0.860. The summed E-state index contributed by atoms with van der Waals surface area (Å²) in [7, 11) is 0. The van der Waals surface area contributed by atoms with E-state index >= 15 is 0 Å². The molecule has 0 aliphatic carbocycles. The van der Waals surface area contributed by atoms with Crippen molar-refractivity contribution in [3.05, 3.63) is 35.9 Å². The van der Waals surface area contributed by atoms with E-state index in [0.717, 1.165) is 26.2 Å². The topological polar surface area (TPSA) is 18.5 Å². The van der Waals surface area contributed by atoms with Gasteiger partial charge in [-0.15, -0.1) is 0 Å². The van der Waals surface area contributed by atoms with Gasteiger partial charge in [-0.3, -0.25) is 0 Å². The van der Waals surface area contributed by atoms with Gasteiger partial charge in [0.1, 0.15) is 0 Å². The van der Waals surface area contributed by atoms with Crippen LogP contribution < -0.4 is 0 Å². The van der Waals surface area contributed by atoms with Crippen LogP contribution in [0.15, 0.2) is 24.3 Å². The van der Waals surface area contributed by atoms with Crippen molar-refractivity contribution in [3.8, 4) is 0 Å². The number of ether oxygens (including phenoxy) is 2. The second kappa shape index (κ2) is 4.77. The van der Waals surface area contributed by atoms with Crippen molar-refractivity contribution in [3.63, 3.8) is 0 Å². The standard InChI is InChI=1S/C13H17O2/c1-2-13(10-15-11-13)9-14-8-12-6-4-3-5-7-12/h4-7H,2,8-11H2,1H3. The van der Waals surface area contributed by atoms with E-state index in [4.69, 9.17) is 9.47 Å². The lowest BCUT2D eigenvalue weighted by atomic mass is 9.84. The van der Waals surface area contributed by atoms with Crippen LogP contribution in [0.3, 0.4) is 0 Å². The molecule has 0 amide bonds. The van der Waals surface area contributed by atoms with Crippen LogP contribution in [0.4, 0.5) is 0 Å². The largest absolute Gasteiger partial charge is 0.380 e. The Bertz CT molecular complexity index is 285. The molecule has 0 saturated carbocycles. The van der Waals surface area contributed by atoms with E-state index in [1.54, 1.807) is 0 Å². The minimum absolute atomic E-state index is 0.293. The zero-order chi connectivity index (χ0) is 10.6. The first-order valence-electron chi connectivity index (χ1n) is 5.45. The van der Waals surface area contributed by atoms with Crippen LogP contribution in [0.5, 0.6) is 0 Å². The average Bonchev–Trinajstić information content (AvgIpc) is 2.24. The molecule has 0 spiro atoms. The highest BCUT2D eigenvalue weighted by molar-refractivity contribution is 5.12. The highest BCUT2D eigenvalue weighted by Gasteiger charge is 2.36. The Morgan fingerprint density at radius 3 is 2.67 bits per heavy atom. The molecule has 2 nitrogen and oxygen atoms in total. The number of benzene rings is 1. The molecule has 1 saturated heterocycles. The zero-order valence-electron chi connectivity index (χ0n) is 9.16. The van der Waals surface area contributed by atoms with E-state index in [-0.39, 0.29) is 0 Å². The number of hydrogen-bond acceptors (Lipinski definition) is 2. The molecular formula is C13H17O2. The summed E-state index contributed by atoms with van der Waals surface area (Å²) in [5.41, 5.74) is 1.50. The van der Waals surface area contributed by atoms with Crippen molar-refractivity contribution >= 4 is 0 Å². The quantitative estimate of drug-likeness (QED) is 0.735. The summed E-state index contributed by atoms with van der Waals surface area (Å²) in [6.45, 7) is 5.40. The normalized spacial score (nSPS) is 18.5. The highest BCUT2D eigenvalue weighted by atomic mass is 16.5. The smallest absolute Gasteiger partial charge is 0.0717 e. The zero-order valence-corrected chi connectivity index (χ0v) is 9.16. The molecule has 81 valence electrons. The molecule has 1 aromatic carbocycles. The van der Waals surface area contributed by atoms with Crippen LogP contribution in [0.2, 0.25) is 0 Å². The van der Waals surface area contributed by atoms with E-state index in [2.05, 4.69) is 13.0 Å². The van der Waals surface area contributed by atoms with E-state index in [0.29, 0.717) is 12.0 Å². The van der Waals surface area contributed by atoms with E-state index in [1.165, 1.54) is 5.56 Å². The predicted octanol–water partition coefficient (Wildman–Crippen LogP) is 2.43. The van der Waals surface area contributed by atoms with Crippen LogP contribution in [-0.2, 0) is 16.1 Å². The summed E-state index contributed by atoms with van der Waals surface area (Å²) in [6, 6.07) is 10.9. The second-order valence-electron chi connectivity index (χ2n) is 4.25. The molecule has 1 aliphatic rings. The molecule has 2 heteroatoms. The molecule has 0 aromatic heterocycles. The van der Waals surface area contributed by atoms with Crippen LogP contribution in [0.1, 0.15) is 18.9 Å². The molecule has 1 aromatic rings. The first-order chi connectivity index (χ1) is 7.35. The fourth-order valence-corrected chi connectivity index (χ4v) is 1.68. The summed E-state index contributed by atoms with van der Waals surface area (Å²) in [5, 5.41) is 0. The lowest BCUT2D eigenvalue weighted by molar-refractivity contribution is -0.152. The average molecular weight is 205 g/mol. The van der Waals surface area contributed by atoms with Crippen molar-refractivity contribution in [2.24, 2.45) is 5.41 Å². The number of rotatable bonds is 5. The van der Waals surface area contributed by atoms with Crippen molar-refractivity contribution in [2.75, 3.05) is 19.8 Å². The van der Waals surface area contributed by atoms with Gasteiger partial charge in [0.05, 0.1) is 26.4 Å². The molecule has 0 unspecified atom stereocenters. The van der Waals surface area contributed by atoms with E-state index in [1.807, 2.05) is 24.3 Å². The molecule has 1 heterocycles. The van der Waals surface area contributed by atoms with Gasteiger partial charge in [0.15, 0.2) is 0 Å². The second-order valence-corrected chi connectivity index (χ2v) is 4.25. The summed E-state index contributed by atoms with van der Waals surface area (Å²) < 4.78 is 11.0. The predicted molar refractivity (Wildman–Crippen MR) is 58.5 cm³/mol. The molecule has 1 fully saturated rings. The molecule has 15 heavy (non-hydrogen) atoms. The monoisotopic (exact) mass is 205 g/mol. The van der Waals surface area contributed by atoms with E-state index < -0.39 is 0 Å². The Morgan fingerprint density at radius 1 is 1.40 bits per heavy atom. The lowest BCUT2D eigenvalue weighted by Crippen LogP contribution is -2.45. The maximum absolute atomic E-state index is 5.72. The third kappa shape index (κ3) is 2.58. The molecule has 2 rings (SSSR count). The van der Waals surface area contributed by atoms with Crippen LogP contribution >= 0.6 is 0 Å². The minimum atomic E-state index is 0.293. The summed E-state index contributed by atoms with van der Waals surface area (Å²) in [4.78, 5) is 0. The van der Waals surface area contributed by atoms with Gasteiger partial charge in [0, 0.05) is 5.41 Å². The van der Waals surface area contributed by atoms with E-state index in [9.17, 15) is 0 Å². The first kappa shape index (κ1) is 10.7. The van der Waals surface area contributed by atoms with Crippen molar-refractivity contribution in [2.45, 2.75) is 20.0 Å². The van der Waals surface area contributed by atoms with Gasteiger partial charge < -0.3 is 9.47 Å². The summed E-state index contributed by atoms with van der Waals surface area (Å²) >= 11 is 0. The maximum atomic E-state index is 5.72. The van der Waals surface area contributed by atoms with Crippen LogP contribution in [0, 0.1) is 11.5 Å². The minimum Gasteiger partial charge on any atom is -0.380 e. The van der Waals surface area contributed by atoms with Crippen LogP contribution in [0.25, 0.3) is 0 Å². The van der Waals surface area contributed by atoms with Crippen molar-refractivity contribution in [1.82, 2.24) is 0 Å². The Morgan fingerprint density at radius 2 is 2.13 bits per heavy atom. The van der Waals surface area contributed by atoms with Gasteiger partial charge in [-0.1, -0.05) is 31.2 Å². The fourth-order valence-electron chi connectivity index (χ4n) is 1.68. The van der Waals surface area contributed by atoms with Gasteiger partial charge in [0.25, 0.3) is 0 Å². The number of hydrogen-bond donors (Lipinski definition) is 0. The Balaban J connectivity index is 1.75. The van der Waals surface area contributed by atoms with Crippen molar-refractivity contribution in [1.29, 1.82) is 0 Å². The Kier molecular flexibility index (Phi) is 3.39.